The zero-order valence-corrected chi connectivity index (χ0v) is 20.0. The second-order valence-electron chi connectivity index (χ2n) is 7.61. The van der Waals surface area contributed by atoms with Crippen molar-refractivity contribution in [2.24, 2.45) is 0 Å². The summed E-state index contributed by atoms with van der Waals surface area (Å²) in [5, 5.41) is 14.7. The Morgan fingerprint density at radius 1 is 1.03 bits per heavy atom. The minimum Gasteiger partial charge on any atom is -0.497 e. The van der Waals surface area contributed by atoms with Gasteiger partial charge in [-0.05, 0) is 60.9 Å². The van der Waals surface area contributed by atoms with E-state index in [4.69, 9.17) is 4.74 Å². The molecule has 4 aromatic rings. The van der Waals surface area contributed by atoms with Gasteiger partial charge in [-0.15, -0.1) is 10.2 Å². The summed E-state index contributed by atoms with van der Waals surface area (Å²) < 4.78 is 6.86. The van der Waals surface area contributed by atoms with E-state index in [2.05, 4.69) is 27.8 Å². The molecule has 0 bridgehead atoms. The number of carbonyl (C=O) groups excluding carboxylic acids is 2. The number of pyridine rings is 1. The molecule has 9 heteroatoms. The molecule has 34 heavy (non-hydrogen) atoms. The van der Waals surface area contributed by atoms with Gasteiger partial charge in [0.1, 0.15) is 5.75 Å². The van der Waals surface area contributed by atoms with E-state index in [1.165, 1.54) is 11.8 Å². The molecule has 0 aliphatic heterocycles. The summed E-state index contributed by atoms with van der Waals surface area (Å²) in [7, 11) is 1.59. The first-order chi connectivity index (χ1) is 16.5. The van der Waals surface area contributed by atoms with Gasteiger partial charge in [-0.2, -0.15) is 0 Å². The number of rotatable bonds is 8. The lowest BCUT2D eigenvalue weighted by atomic mass is 10.1. The Hall–Kier alpha value is -3.85. The van der Waals surface area contributed by atoms with Crippen molar-refractivity contribution in [2.45, 2.75) is 25.4 Å². The van der Waals surface area contributed by atoms with Gasteiger partial charge in [0.05, 0.1) is 18.4 Å². The Bertz CT molecular complexity index is 1330. The largest absolute Gasteiger partial charge is 0.497 e. The van der Waals surface area contributed by atoms with Gasteiger partial charge in [0.15, 0.2) is 10.8 Å². The Morgan fingerprint density at radius 2 is 1.82 bits per heavy atom. The summed E-state index contributed by atoms with van der Waals surface area (Å²) in [6.07, 6.45) is 2.51. The van der Waals surface area contributed by atoms with Gasteiger partial charge < -0.3 is 15.4 Å². The average Bonchev–Trinajstić information content (AvgIpc) is 3.26. The number of para-hydroxylation sites is 1. The molecule has 0 fully saturated rings. The van der Waals surface area contributed by atoms with Crippen LogP contribution in [-0.2, 0) is 11.2 Å². The maximum atomic E-state index is 12.7. The number of hydrogen-bond donors (Lipinski definition) is 2. The predicted octanol–water partition coefficient (Wildman–Crippen LogP) is 4.59. The van der Waals surface area contributed by atoms with Crippen LogP contribution < -0.4 is 15.4 Å². The number of nitrogens with zero attached hydrogens (tertiary/aromatic N) is 3. The van der Waals surface area contributed by atoms with Crippen LogP contribution in [0, 0.1) is 6.92 Å². The highest BCUT2D eigenvalue weighted by molar-refractivity contribution is 7.99. The van der Waals surface area contributed by atoms with Crippen LogP contribution in [0.4, 0.5) is 11.4 Å². The molecule has 0 aliphatic rings. The van der Waals surface area contributed by atoms with Crippen LogP contribution in [0.3, 0.4) is 0 Å². The van der Waals surface area contributed by atoms with Crippen LogP contribution in [0.15, 0.2) is 66.0 Å². The first kappa shape index (κ1) is 23.3. The van der Waals surface area contributed by atoms with E-state index in [0.29, 0.717) is 27.8 Å². The number of nitrogens with one attached hydrogen (secondary N) is 2. The third kappa shape index (κ3) is 5.20. The average molecular weight is 476 g/mol. The number of hydrogen-bond acceptors (Lipinski definition) is 6. The lowest BCUT2D eigenvalue weighted by Gasteiger charge is -2.12. The summed E-state index contributed by atoms with van der Waals surface area (Å²) in [5.41, 5.74) is 4.68. The van der Waals surface area contributed by atoms with Crippen molar-refractivity contribution in [1.29, 1.82) is 0 Å². The molecule has 174 valence electrons. The van der Waals surface area contributed by atoms with Crippen molar-refractivity contribution >= 4 is 40.6 Å². The molecule has 0 saturated carbocycles. The van der Waals surface area contributed by atoms with E-state index >= 15 is 0 Å². The maximum absolute atomic E-state index is 12.7. The fourth-order valence-corrected chi connectivity index (χ4v) is 4.20. The molecule has 0 radical (unpaired) electrons. The number of carbonyl (C=O) groups is 2. The summed E-state index contributed by atoms with van der Waals surface area (Å²) in [6, 6.07) is 16.5. The van der Waals surface area contributed by atoms with E-state index < -0.39 is 0 Å². The molecule has 2 heterocycles. The third-order valence-corrected chi connectivity index (χ3v) is 6.26. The zero-order chi connectivity index (χ0) is 24.1. The lowest BCUT2D eigenvalue weighted by molar-refractivity contribution is -0.113. The van der Waals surface area contributed by atoms with Gasteiger partial charge in [-0.3, -0.25) is 14.0 Å². The molecule has 0 spiro atoms. The van der Waals surface area contributed by atoms with E-state index in [9.17, 15) is 9.59 Å². The molecule has 0 saturated heterocycles. The molecule has 4 rings (SSSR count). The molecule has 0 atom stereocenters. The lowest BCUT2D eigenvalue weighted by Crippen LogP contribution is -2.16. The fourth-order valence-electron chi connectivity index (χ4n) is 3.49. The van der Waals surface area contributed by atoms with Crippen molar-refractivity contribution in [3.63, 3.8) is 0 Å². The minimum atomic E-state index is -0.263. The standard InChI is InChI=1S/C25H25N5O3S/c1-4-17-7-5-6-16(2)23(17)27-22(31)15-34-25-29-28-21-13-8-18(14-30(21)25)24(32)26-19-9-11-20(33-3)12-10-19/h5-14H,4,15H2,1-3H3,(H,26,32)(H,27,31). The number of anilines is 2. The van der Waals surface area contributed by atoms with Gasteiger partial charge >= 0.3 is 0 Å². The highest BCUT2D eigenvalue weighted by Gasteiger charge is 2.14. The first-order valence-electron chi connectivity index (χ1n) is 10.8. The van der Waals surface area contributed by atoms with Crippen LogP contribution >= 0.6 is 11.8 Å². The van der Waals surface area contributed by atoms with E-state index in [0.717, 1.165) is 23.2 Å². The van der Waals surface area contributed by atoms with E-state index in [1.807, 2.05) is 25.1 Å². The summed E-state index contributed by atoms with van der Waals surface area (Å²) >= 11 is 1.26. The number of methoxy groups -OCH3 is 1. The van der Waals surface area contributed by atoms with Crippen LogP contribution in [0.5, 0.6) is 5.75 Å². The highest BCUT2D eigenvalue weighted by Crippen LogP contribution is 2.23. The monoisotopic (exact) mass is 475 g/mol. The summed E-state index contributed by atoms with van der Waals surface area (Å²) in [5.74, 6) is 0.490. The number of benzene rings is 2. The number of thioether (sulfide) groups is 1. The van der Waals surface area contributed by atoms with Crippen molar-refractivity contribution in [2.75, 3.05) is 23.5 Å². The van der Waals surface area contributed by atoms with Gasteiger partial charge in [0, 0.05) is 17.6 Å². The van der Waals surface area contributed by atoms with Crippen molar-refractivity contribution in [3.8, 4) is 5.75 Å². The second-order valence-corrected chi connectivity index (χ2v) is 8.55. The quantitative estimate of drug-likeness (QED) is 0.362. The minimum absolute atomic E-state index is 0.126. The van der Waals surface area contributed by atoms with Crippen molar-refractivity contribution in [3.05, 3.63) is 77.5 Å². The summed E-state index contributed by atoms with van der Waals surface area (Å²) in [4.78, 5) is 25.4. The number of ether oxygens (including phenoxy) is 1. The molecule has 2 amide bonds. The number of fused-ring (bicyclic) bond motifs is 1. The van der Waals surface area contributed by atoms with Gasteiger partial charge in [0.25, 0.3) is 5.91 Å². The van der Waals surface area contributed by atoms with Crippen LogP contribution in [0.25, 0.3) is 5.65 Å². The fraction of sp³-hybridized carbons (Fsp3) is 0.200. The predicted molar refractivity (Wildman–Crippen MR) is 134 cm³/mol. The Kier molecular flexibility index (Phi) is 7.12. The van der Waals surface area contributed by atoms with Crippen LogP contribution in [0.2, 0.25) is 0 Å². The van der Waals surface area contributed by atoms with Crippen LogP contribution in [-0.4, -0.2) is 39.3 Å². The van der Waals surface area contributed by atoms with Crippen LogP contribution in [0.1, 0.15) is 28.4 Å². The molecular weight excluding hydrogens is 450 g/mol. The summed E-state index contributed by atoms with van der Waals surface area (Å²) in [6.45, 7) is 4.04. The molecular formula is C25H25N5O3S. The number of amides is 2. The van der Waals surface area contributed by atoms with Gasteiger partial charge in [-0.25, -0.2) is 0 Å². The topological polar surface area (TPSA) is 97.6 Å². The number of aryl methyl sites for hydroxylation is 2. The maximum Gasteiger partial charge on any atom is 0.257 e. The SMILES string of the molecule is CCc1cccc(C)c1NC(=O)CSc1nnc2ccc(C(=O)Nc3ccc(OC)cc3)cn12. The Balaban J connectivity index is 1.45. The van der Waals surface area contributed by atoms with Crippen molar-refractivity contribution < 1.29 is 14.3 Å². The molecule has 2 aromatic carbocycles. The zero-order valence-electron chi connectivity index (χ0n) is 19.2. The van der Waals surface area contributed by atoms with Crippen molar-refractivity contribution in [1.82, 2.24) is 14.6 Å². The van der Waals surface area contributed by atoms with Gasteiger partial charge in [0.2, 0.25) is 5.91 Å². The highest BCUT2D eigenvalue weighted by atomic mass is 32.2. The second kappa shape index (κ2) is 10.4. The number of aromatic nitrogens is 3. The molecule has 2 aromatic heterocycles. The third-order valence-electron chi connectivity index (χ3n) is 5.32. The smallest absolute Gasteiger partial charge is 0.257 e. The molecule has 8 nitrogen and oxygen atoms in total. The molecule has 0 aliphatic carbocycles. The Morgan fingerprint density at radius 3 is 2.56 bits per heavy atom. The molecule has 0 unspecified atom stereocenters. The van der Waals surface area contributed by atoms with E-state index in [-0.39, 0.29) is 17.6 Å². The van der Waals surface area contributed by atoms with Gasteiger partial charge in [-0.1, -0.05) is 36.9 Å². The normalized spacial score (nSPS) is 10.8. The molecule has 2 N–H and O–H groups in total. The Labute approximate surface area is 201 Å². The van der Waals surface area contributed by atoms with E-state index in [1.54, 1.807) is 54.1 Å². The first-order valence-corrected chi connectivity index (χ1v) is 11.8.